The number of aryl methyl sites for hydroxylation is 1. The average molecular weight is 252 g/mol. The van der Waals surface area contributed by atoms with Crippen LogP contribution in [0.1, 0.15) is 12.6 Å². The van der Waals surface area contributed by atoms with E-state index in [1.807, 2.05) is 26.0 Å². The zero-order chi connectivity index (χ0) is 13.2. The fourth-order valence-corrected chi connectivity index (χ4v) is 2.27. The lowest BCUT2D eigenvalue weighted by Crippen LogP contribution is -1.91. The van der Waals surface area contributed by atoms with Crippen molar-refractivity contribution in [1.29, 1.82) is 0 Å². The summed E-state index contributed by atoms with van der Waals surface area (Å²) in [7, 11) is 0. The molecule has 19 heavy (non-hydrogen) atoms. The normalized spacial score (nSPS) is 10.8. The van der Waals surface area contributed by atoms with Crippen molar-refractivity contribution in [2.75, 3.05) is 6.61 Å². The minimum Gasteiger partial charge on any atom is -0.494 e. The van der Waals surface area contributed by atoms with Crippen LogP contribution in [-0.2, 0) is 0 Å². The third kappa shape index (κ3) is 2.19. The standard InChI is InChI=1S/C16H16N2O/c1-3-19-14-6-4-5-12(9-14)13-7-8-15-11(2)17-18-16(15)10-13/h4-10H,3H2,1-2H3,(H,17,18). The molecule has 1 N–H and O–H groups in total. The summed E-state index contributed by atoms with van der Waals surface area (Å²) in [4.78, 5) is 0. The molecule has 0 atom stereocenters. The Morgan fingerprint density at radius 2 is 1.95 bits per heavy atom. The molecule has 3 rings (SSSR count). The SMILES string of the molecule is CCOc1cccc(-c2ccc3c(C)n[nH]c3c2)c1. The van der Waals surface area contributed by atoms with Gasteiger partial charge in [-0.3, -0.25) is 5.10 Å². The predicted molar refractivity (Wildman–Crippen MR) is 77.4 cm³/mol. The molecule has 96 valence electrons. The van der Waals surface area contributed by atoms with E-state index in [4.69, 9.17) is 4.74 Å². The van der Waals surface area contributed by atoms with Gasteiger partial charge in [0.05, 0.1) is 17.8 Å². The van der Waals surface area contributed by atoms with Crippen LogP contribution in [0.15, 0.2) is 42.5 Å². The zero-order valence-corrected chi connectivity index (χ0v) is 11.1. The molecule has 0 unspecified atom stereocenters. The van der Waals surface area contributed by atoms with E-state index in [0.717, 1.165) is 28.1 Å². The van der Waals surface area contributed by atoms with Crippen molar-refractivity contribution in [1.82, 2.24) is 10.2 Å². The van der Waals surface area contributed by atoms with Crippen molar-refractivity contribution in [3.8, 4) is 16.9 Å². The highest BCUT2D eigenvalue weighted by Gasteiger charge is 2.04. The van der Waals surface area contributed by atoms with Gasteiger partial charge in [0, 0.05) is 5.39 Å². The van der Waals surface area contributed by atoms with E-state index in [-0.39, 0.29) is 0 Å². The lowest BCUT2D eigenvalue weighted by Gasteiger charge is -2.06. The lowest BCUT2D eigenvalue weighted by molar-refractivity contribution is 0.340. The number of rotatable bonds is 3. The number of ether oxygens (including phenoxy) is 1. The van der Waals surface area contributed by atoms with Crippen LogP contribution in [0.5, 0.6) is 5.75 Å². The highest BCUT2D eigenvalue weighted by atomic mass is 16.5. The summed E-state index contributed by atoms with van der Waals surface area (Å²) in [5.41, 5.74) is 4.42. The molecule has 0 amide bonds. The Balaban J connectivity index is 2.05. The van der Waals surface area contributed by atoms with Crippen molar-refractivity contribution in [2.45, 2.75) is 13.8 Å². The van der Waals surface area contributed by atoms with Gasteiger partial charge in [0.25, 0.3) is 0 Å². The number of aromatic nitrogens is 2. The number of benzene rings is 2. The van der Waals surface area contributed by atoms with Crippen molar-refractivity contribution in [3.05, 3.63) is 48.2 Å². The summed E-state index contributed by atoms with van der Waals surface area (Å²) < 4.78 is 5.54. The van der Waals surface area contributed by atoms with Crippen molar-refractivity contribution in [2.24, 2.45) is 0 Å². The predicted octanol–water partition coefficient (Wildman–Crippen LogP) is 3.94. The number of H-pyrrole nitrogens is 1. The first-order valence-electron chi connectivity index (χ1n) is 6.46. The molecule has 0 aliphatic rings. The summed E-state index contributed by atoms with van der Waals surface area (Å²) in [6, 6.07) is 14.5. The fourth-order valence-electron chi connectivity index (χ4n) is 2.27. The van der Waals surface area contributed by atoms with Gasteiger partial charge >= 0.3 is 0 Å². The topological polar surface area (TPSA) is 37.9 Å². The molecule has 0 fully saturated rings. The third-order valence-corrected chi connectivity index (χ3v) is 3.23. The largest absolute Gasteiger partial charge is 0.494 e. The van der Waals surface area contributed by atoms with Crippen LogP contribution in [0.25, 0.3) is 22.0 Å². The molecule has 0 aliphatic carbocycles. The van der Waals surface area contributed by atoms with Gasteiger partial charge in [-0.25, -0.2) is 0 Å². The van der Waals surface area contributed by atoms with Crippen LogP contribution >= 0.6 is 0 Å². The van der Waals surface area contributed by atoms with Gasteiger partial charge in [0.1, 0.15) is 5.75 Å². The Labute approximate surface area is 112 Å². The van der Waals surface area contributed by atoms with Gasteiger partial charge in [0.15, 0.2) is 0 Å². The van der Waals surface area contributed by atoms with Crippen molar-refractivity contribution < 1.29 is 4.74 Å². The Morgan fingerprint density at radius 3 is 2.79 bits per heavy atom. The Kier molecular flexibility index (Phi) is 2.95. The van der Waals surface area contributed by atoms with Crippen LogP contribution in [-0.4, -0.2) is 16.8 Å². The van der Waals surface area contributed by atoms with E-state index >= 15 is 0 Å². The molecule has 0 saturated heterocycles. The molecule has 0 radical (unpaired) electrons. The maximum absolute atomic E-state index is 5.54. The Morgan fingerprint density at radius 1 is 1.11 bits per heavy atom. The molecular formula is C16H16N2O. The summed E-state index contributed by atoms with van der Waals surface area (Å²) in [6.45, 7) is 4.68. The van der Waals surface area contributed by atoms with Crippen LogP contribution in [0.4, 0.5) is 0 Å². The van der Waals surface area contributed by atoms with E-state index in [1.54, 1.807) is 0 Å². The molecule has 0 saturated carbocycles. The van der Waals surface area contributed by atoms with Crippen LogP contribution in [0.2, 0.25) is 0 Å². The molecule has 1 aromatic heterocycles. The molecule has 0 bridgehead atoms. The molecule has 2 aromatic carbocycles. The maximum atomic E-state index is 5.54. The summed E-state index contributed by atoms with van der Waals surface area (Å²) in [5.74, 6) is 0.904. The smallest absolute Gasteiger partial charge is 0.119 e. The van der Waals surface area contributed by atoms with Crippen molar-refractivity contribution >= 4 is 10.9 Å². The van der Waals surface area contributed by atoms with Crippen LogP contribution < -0.4 is 4.74 Å². The first kappa shape index (κ1) is 11.8. The van der Waals surface area contributed by atoms with E-state index < -0.39 is 0 Å². The first-order chi connectivity index (χ1) is 9.28. The van der Waals surface area contributed by atoms with Gasteiger partial charge in [-0.1, -0.05) is 24.3 Å². The summed E-state index contributed by atoms with van der Waals surface area (Å²) in [5, 5.41) is 8.46. The van der Waals surface area contributed by atoms with Gasteiger partial charge in [-0.05, 0) is 43.2 Å². The molecule has 0 aliphatic heterocycles. The number of fused-ring (bicyclic) bond motifs is 1. The molecule has 3 nitrogen and oxygen atoms in total. The average Bonchev–Trinajstić information content (AvgIpc) is 2.81. The molecular weight excluding hydrogens is 236 g/mol. The minimum absolute atomic E-state index is 0.683. The number of nitrogens with zero attached hydrogens (tertiary/aromatic N) is 1. The highest BCUT2D eigenvalue weighted by Crippen LogP contribution is 2.27. The minimum atomic E-state index is 0.683. The summed E-state index contributed by atoms with van der Waals surface area (Å²) in [6.07, 6.45) is 0. The van der Waals surface area contributed by atoms with Crippen LogP contribution in [0.3, 0.4) is 0 Å². The number of hydrogen-bond acceptors (Lipinski definition) is 2. The summed E-state index contributed by atoms with van der Waals surface area (Å²) >= 11 is 0. The number of nitrogens with one attached hydrogen (secondary N) is 1. The van der Waals surface area contributed by atoms with E-state index in [2.05, 4.69) is 40.5 Å². The number of aromatic amines is 1. The van der Waals surface area contributed by atoms with Crippen molar-refractivity contribution in [3.63, 3.8) is 0 Å². The monoisotopic (exact) mass is 252 g/mol. The van der Waals surface area contributed by atoms with E-state index in [9.17, 15) is 0 Å². The fraction of sp³-hybridized carbons (Fsp3) is 0.188. The second-order valence-electron chi connectivity index (χ2n) is 4.53. The molecule has 0 spiro atoms. The van der Waals surface area contributed by atoms with Gasteiger partial charge in [0.2, 0.25) is 0 Å². The Bertz CT molecular complexity index is 716. The maximum Gasteiger partial charge on any atom is 0.119 e. The Hall–Kier alpha value is -2.29. The highest BCUT2D eigenvalue weighted by molar-refractivity contribution is 5.86. The second-order valence-corrected chi connectivity index (χ2v) is 4.53. The molecule has 1 heterocycles. The van der Waals surface area contributed by atoms with E-state index in [1.165, 1.54) is 5.39 Å². The molecule has 3 heteroatoms. The lowest BCUT2D eigenvalue weighted by atomic mass is 10.0. The van der Waals surface area contributed by atoms with Crippen LogP contribution in [0, 0.1) is 6.92 Å². The second kappa shape index (κ2) is 4.76. The van der Waals surface area contributed by atoms with Gasteiger partial charge in [-0.15, -0.1) is 0 Å². The zero-order valence-electron chi connectivity index (χ0n) is 11.1. The number of hydrogen-bond donors (Lipinski definition) is 1. The quantitative estimate of drug-likeness (QED) is 0.766. The first-order valence-corrected chi connectivity index (χ1v) is 6.46. The molecule has 3 aromatic rings. The van der Waals surface area contributed by atoms with E-state index in [0.29, 0.717) is 6.61 Å². The van der Waals surface area contributed by atoms with Gasteiger partial charge < -0.3 is 4.74 Å². The van der Waals surface area contributed by atoms with Gasteiger partial charge in [-0.2, -0.15) is 5.10 Å². The third-order valence-electron chi connectivity index (χ3n) is 3.23.